The smallest absolute Gasteiger partial charge is 0.152 e. The largest absolute Gasteiger partial charge is 0.356 e. The van der Waals surface area contributed by atoms with Crippen LogP contribution in [0.25, 0.3) is 0 Å². The van der Waals surface area contributed by atoms with Gasteiger partial charge >= 0.3 is 0 Å². The number of pyridine rings is 1. The molecule has 1 aliphatic rings. The molecule has 4 rings (SSSR count). The first-order valence-electron chi connectivity index (χ1n) is 8.41. The van der Waals surface area contributed by atoms with Gasteiger partial charge in [0.15, 0.2) is 5.82 Å². The van der Waals surface area contributed by atoms with E-state index in [1.165, 1.54) is 0 Å². The van der Waals surface area contributed by atoms with E-state index in [2.05, 4.69) is 29.6 Å². The second-order valence-electron chi connectivity index (χ2n) is 6.39. The van der Waals surface area contributed by atoms with E-state index in [4.69, 9.17) is 11.6 Å². The molecule has 0 N–H and O–H groups in total. The molecule has 1 aliphatic heterocycles. The highest BCUT2D eigenvalue weighted by atomic mass is 35.5. The second-order valence-corrected chi connectivity index (χ2v) is 6.82. The van der Waals surface area contributed by atoms with Gasteiger partial charge in [0, 0.05) is 44.6 Å². The van der Waals surface area contributed by atoms with Gasteiger partial charge in [0.05, 0.1) is 17.9 Å². The predicted molar refractivity (Wildman–Crippen MR) is 95.8 cm³/mol. The molecule has 8 heteroatoms. The third kappa shape index (κ3) is 3.37. The maximum Gasteiger partial charge on any atom is 0.152 e. The van der Waals surface area contributed by atoms with Crippen molar-refractivity contribution in [2.24, 2.45) is 7.05 Å². The molecule has 0 saturated carbocycles. The number of halogens is 1. The summed E-state index contributed by atoms with van der Waals surface area (Å²) in [4.78, 5) is 10.8. The first-order valence-corrected chi connectivity index (χ1v) is 8.79. The van der Waals surface area contributed by atoms with Crippen LogP contribution in [0.1, 0.15) is 30.4 Å². The molecule has 130 valence electrons. The molecule has 3 aromatic heterocycles. The molecule has 0 radical (unpaired) electrons. The lowest BCUT2D eigenvalue weighted by molar-refractivity contribution is 0.476. The van der Waals surface area contributed by atoms with Gasteiger partial charge in [-0.25, -0.2) is 9.97 Å². The van der Waals surface area contributed by atoms with E-state index >= 15 is 0 Å². The average Bonchev–Trinajstić information content (AvgIpc) is 3.27. The van der Waals surface area contributed by atoms with Crippen LogP contribution < -0.4 is 4.90 Å². The number of anilines is 1. The molecule has 0 bridgehead atoms. The lowest BCUT2D eigenvalue weighted by atomic mass is 9.97. The first kappa shape index (κ1) is 16.1. The number of nitrogens with zero attached hydrogens (tertiary/aromatic N) is 7. The van der Waals surface area contributed by atoms with E-state index in [0.29, 0.717) is 17.5 Å². The number of rotatable bonds is 4. The van der Waals surface area contributed by atoms with Crippen LogP contribution in [-0.4, -0.2) is 42.4 Å². The van der Waals surface area contributed by atoms with Gasteiger partial charge < -0.3 is 14.0 Å². The van der Waals surface area contributed by atoms with Crippen molar-refractivity contribution in [2.75, 3.05) is 18.0 Å². The molecule has 0 spiro atoms. The molecule has 1 atom stereocenters. The van der Waals surface area contributed by atoms with Crippen LogP contribution in [0, 0.1) is 0 Å². The van der Waals surface area contributed by atoms with Gasteiger partial charge in [0.1, 0.15) is 11.6 Å². The molecule has 0 aromatic carbocycles. The fourth-order valence-electron chi connectivity index (χ4n) is 3.36. The number of piperidine rings is 1. The fourth-order valence-corrected chi connectivity index (χ4v) is 3.47. The molecular weight excluding hydrogens is 338 g/mol. The molecule has 0 aliphatic carbocycles. The zero-order chi connectivity index (χ0) is 17.2. The standard InChI is InChI=1S/C17H20ClN7/c1-23-16(11-24-8-6-19-12-24)21-22-17(23)13-3-2-7-25(10-13)15-5-4-14(18)9-20-15/h4-6,8-9,12-13H,2-3,7,10-11H2,1H3/t13-/m1/s1. The minimum atomic E-state index is 0.347. The summed E-state index contributed by atoms with van der Waals surface area (Å²) >= 11 is 5.95. The predicted octanol–water partition coefficient (Wildman–Crippen LogP) is 2.49. The van der Waals surface area contributed by atoms with E-state index in [9.17, 15) is 0 Å². The van der Waals surface area contributed by atoms with Gasteiger partial charge in [-0.3, -0.25) is 0 Å². The highest BCUT2D eigenvalue weighted by Crippen LogP contribution is 2.28. The Balaban J connectivity index is 1.51. The van der Waals surface area contributed by atoms with E-state index in [0.717, 1.165) is 43.4 Å². The molecule has 1 saturated heterocycles. The topological polar surface area (TPSA) is 64.7 Å². The van der Waals surface area contributed by atoms with E-state index < -0.39 is 0 Å². The number of hydrogen-bond donors (Lipinski definition) is 0. The Kier molecular flexibility index (Phi) is 4.40. The lowest BCUT2D eigenvalue weighted by Crippen LogP contribution is -2.35. The van der Waals surface area contributed by atoms with Gasteiger partial charge in [0.2, 0.25) is 0 Å². The molecular formula is C17H20ClN7. The molecule has 4 heterocycles. The molecule has 7 nitrogen and oxygen atoms in total. The minimum Gasteiger partial charge on any atom is -0.356 e. The second kappa shape index (κ2) is 6.84. The lowest BCUT2D eigenvalue weighted by Gasteiger charge is -2.33. The maximum absolute atomic E-state index is 5.95. The summed E-state index contributed by atoms with van der Waals surface area (Å²) in [5.41, 5.74) is 0. The van der Waals surface area contributed by atoms with Crippen molar-refractivity contribution in [2.45, 2.75) is 25.3 Å². The summed E-state index contributed by atoms with van der Waals surface area (Å²) < 4.78 is 4.11. The summed E-state index contributed by atoms with van der Waals surface area (Å²) in [6.07, 6.45) is 9.42. The summed E-state index contributed by atoms with van der Waals surface area (Å²) in [7, 11) is 2.04. The van der Waals surface area contributed by atoms with Crippen molar-refractivity contribution in [1.29, 1.82) is 0 Å². The van der Waals surface area contributed by atoms with Crippen LogP contribution in [0.3, 0.4) is 0 Å². The first-order chi connectivity index (χ1) is 12.2. The maximum atomic E-state index is 5.95. The summed E-state index contributed by atoms with van der Waals surface area (Å²) in [6.45, 7) is 2.58. The van der Waals surface area contributed by atoms with Gasteiger partial charge in [-0.2, -0.15) is 0 Å². The Hall–Kier alpha value is -2.41. The quantitative estimate of drug-likeness (QED) is 0.717. The van der Waals surface area contributed by atoms with Crippen LogP contribution in [0.4, 0.5) is 5.82 Å². The monoisotopic (exact) mass is 357 g/mol. The van der Waals surface area contributed by atoms with Crippen molar-refractivity contribution < 1.29 is 0 Å². The Morgan fingerprint density at radius 3 is 2.96 bits per heavy atom. The molecule has 0 amide bonds. The van der Waals surface area contributed by atoms with Crippen molar-refractivity contribution in [3.05, 3.63) is 53.7 Å². The van der Waals surface area contributed by atoms with Crippen molar-refractivity contribution in [3.8, 4) is 0 Å². The highest BCUT2D eigenvalue weighted by Gasteiger charge is 2.26. The fraction of sp³-hybridized carbons (Fsp3) is 0.412. The summed E-state index contributed by atoms with van der Waals surface area (Å²) in [5, 5.41) is 9.52. The van der Waals surface area contributed by atoms with E-state index in [1.54, 1.807) is 18.7 Å². The highest BCUT2D eigenvalue weighted by molar-refractivity contribution is 6.30. The Labute approximate surface area is 151 Å². The molecule has 25 heavy (non-hydrogen) atoms. The van der Waals surface area contributed by atoms with Gasteiger partial charge in [-0.15, -0.1) is 10.2 Å². The average molecular weight is 358 g/mol. The number of hydrogen-bond acceptors (Lipinski definition) is 5. The van der Waals surface area contributed by atoms with Crippen LogP contribution in [0.15, 0.2) is 37.1 Å². The van der Waals surface area contributed by atoms with Crippen molar-refractivity contribution in [3.63, 3.8) is 0 Å². The minimum absolute atomic E-state index is 0.347. The van der Waals surface area contributed by atoms with E-state index in [1.807, 2.05) is 29.9 Å². The van der Waals surface area contributed by atoms with Crippen LogP contribution in [0.2, 0.25) is 5.02 Å². The third-order valence-electron chi connectivity index (χ3n) is 4.70. The van der Waals surface area contributed by atoms with Gasteiger partial charge in [-0.05, 0) is 25.0 Å². The molecule has 1 fully saturated rings. The van der Waals surface area contributed by atoms with Crippen molar-refractivity contribution in [1.82, 2.24) is 29.3 Å². The summed E-state index contributed by atoms with van der Waals surface area (Å²) in [6, 6.07) is 3.87. The van der Waals surface area contributed by atoms with Gasteiger partial charge in [0.25, 0.3) is 0 Å². The van der Waals surface area contributed by atoms with Gasteiger partial charge in [-0.1, -0.05) is 11.6 Å². The zero-order valence-electron chi connectivity index (χ0n) is 14.1. The Bertz CT molecular complexity index is 825. The Morgan fingerprint density at radius 2 is 2.20 bits per heavy atom. The zero-order valence-corrected chi connectivity index (χ0v) is 14.8. The number of imidazole rings is 1. The van der Waals surface area contributed by atoms with Crippen LogP contribution >= 0.6 is 11.6 Å². The van der Waals surface area contributed by atoms with E-state index in [-0.39, 0.29) is 0 Å². The molecule has 3 aromatic rings. The third-order valence-corrected chi connectivity index (χ3v) is 4.93. The Morgan fingerprint density at radius 1 is 1.28 bits per heavy atom. The van der Waals surface area contributed by atoms with Crippen molar-refractivity contribution >= 4 is 17.4 Å². The summed E-state index contributed by atoms with van der Waals surface area (Å²) in [5.74, 6) is 3.29. The molecule has 0 unspecified atom stereocenters. The number of aromatic nitrogens is 6. The van der Waals surface area contributed by atoms with Crippen LogP contribution in [0.5, 0.6) is 0 Å². The van der Waals surface area contributed by atoms with Crippen LogP contribution in [-0.2, 0) is 13.6 Å². The normalized spacial score (nSPS) is 17.8. The SMILES string of the molecule is Cn1c(Cn2ccnc2)nnc1[C@@H]1CCCN(c2ccc(Cl)cn2)C1.